The van der Waals surface area contributed by atoms with Gasteiger partial charge < -0.3 is 16.4 Å². The Balaban J connectivity index is 1.81. The lowest BCUT2D eigenvalue weighted by Gasteiger charge is -2.12. The number of rotatable bonds is 5. The lowest BCUT2D eigenvalue weighted by Crippen LogP contribution is -2.15. The second-order valence-electron chi connectivity index (χ2n) is 6.68. The van der Waals surface area contributed by atoms with Gasteiger partial charge in [0.2, 0.25) is 0 Å². The van der Waals surface area contributed by atoms with Crippen LogP contribution in [0.2, 0.25) is 0 Å². The van der Waals surface area contributed by atoms with Crippen LogP contribution in [0.5, 0.6) is 0 Å². The average Bonchev–Trinajstić information content (AvgIpc) is 3.06. The predicted molar refractivity (Wildman–Crippen MR) is 110 cm³/mol. The molecule has 1 amide bonds. The molecule has 0 aliphatic carbocycles. The van der Waals surface area contributed by atoms with Crippen molar-refractivity contribution in [1.29, 1.82) is 0 Å². The largest absolute Gasteiger partial charge is 0.364 e. The molecule has 0 bridgehead atoms. The Morgan fingerprint density at radius 3 is 2.36 bits per heavy atom. The quantitative estimate of drug-likeness (QED) is 0.493. The fraction of sp³-hybridized carbons (Fsp3) is 0.0952. The summed E-state index contributed by atoms with van der Waals surface area (Å²) in [6, 6.07) is 17.8. The highest BCUT2D eigenvalue weighted by atomic mass is 16.1. The van der Waals surface area contributed by atoms with Gasteiger partial charge in [-0.2, -0.15) is 0 Å². The van der Waals surface area contributed by atoms with Crippen molar-refractivity contribution in [1.82, 2.24) is 14.6 Å². The maximum Gasteiger partial charge on any atom is 0.269 e. The Bertz CT molecular complexity index is 1150. The minimum absolute atomic E-state index is 0.218. The average molecular weight is 372 g/mol. The Morgan fingerprint density at radius 1 is 0.964 bits per heavy atom. The number of carbonyl (C=O) groups is 1. The van der Waals surface area contributed by atoms with Crippen molar-refractivity contribution in [2.24, 2.45) is 5.73 Å². The first-order chi connectivity index (χ1) is 13.5. The van der Waals surface area contributed by atoms with Crippen LogP contribution in [0, 0.1) is 13.8 Å². The number of benzene rings is 2. The molecule has 2 aromatic carbocycles. The van der Waals surface area contributed by atoms with Crippen molar-refractivity contribution < 1.29 is 4.79 Å². The van der Waals surface area contributed by atoms with E-state index in [0.717, 1.165) is 22.5 Å². The molecule has 2 aromatic heterocycles. The molecule has 28 heavy (non-hydrogen) atoms. The van der Waals surface area contributed by atoms with Crippen LogP contribution in [0.1, 0.15) is 21.6 Å². The summed E-state index contributed by atoms with van der Waals surface area (Å²) in [6.07, 6.45) is 1.43. The number of carbonyl (C=O) groups excluding carboxylic acids is 1. The number of anilines is 4. The van der Waals surface area contributed by atoms with Crippen LogP contribution >= 0.6 is 0 Å². The van der Waals surface area contributed by atoms with E-state index in [4.69, 9.17) is 5.73 Å². The molecule has 0 saturated heterocycles. The number of nitrogens with two attached hydrogens (primary N) is 1. The standard InChI is InChI=1S/C21H20N6O/c1-13-8-14(2)10-16(9-13)25-19-11-17(24-15-6-4-3-5-7-15)21-23-12-18(20(22)28)27(21)26-19/h3-12,24H,1-2H3,(H2,22,28)(H,25,26). The number of primary amides is 1. The molecular formula is C21H20N6O. The Labute approximate surface area is 162 Å². The van der Waals surface area contributed by atoms with E-state index in [1.54, 1.807) is 0 Å². The van der Waals surface area contributed by atoms with Gasteiger partial charge >= 0.3 is 0 Å². The van der Waals surface area contributed by atoms with E-state index in [1.807, 2.05) is 62.4 Å². The first-order valence-electron chi connectivity index (χ1n) is 8.85. The molecule has 140 valence electrons. The zero-order valence-electron chi connectivity index (χ0n) is 15.6. The van der Waals surface area contributed by atoms with Crippen molar-refractivity contribution in [3.63, 3.8) is 0 Å². The zero-order valence-corrected chi connectivity index (χ0v) is 15.6. The first kappa shape index (κ1) is 17.5. The molecule has 4 N–H and O–H groups in total. The molecule has 2 heterocycles. The van der Waals surface area contributed by atoms with Crippen LogP contribution in [-0.2, 0) is 0 Å². The van der Waals surface area contributed by atoms with Gasteiger partial charge in [-0.15, -0.1) is 5.10 Å². The van der Waals surface area contributed by atoms with E-state index in [9.17, 15) is 4.79 Å². The number of hydrogen-bond donors (Lipinski definition) is 3. The van der Waals surface area contributed by atoms with Gasteiger partial charge in [0.05, 0.1) is 11.9 Å². The SMILES string of the molecule is Cc1cc(C)cc(Nc2cc(Nc3ccccc3)c3ncc(C(N)=O)n3n2)c1. The molecule has 0 unspecified atom stereocenters. The zero-order chi connectivity index (χ0) is 19.7. The molecule has 0 atom stereocenters. The fourth-order valence-electron chi connectivity index (χ4n) is 3.16. The summed E-state index contributed by atoms with van der Waals surface area (Å²) >= 11 is 0. The maximum atomic E-state index is 11.8. The molecule has 0 aliphatic heterocycles. The normalized spacial score (nSPS) is 10.8. The lowest BCUT2D eigenvalue weighted by molar-refractivity contribution is 0.0993. The van der Waals surface area contributed by atoms with Crippen LogP contribution < -0.4 is 16.4 Å². The predicted octanol–water partition coefficient (Wildman–Crippen LogP) is 3.93. The first-order valence-corrected chi connectivity index (χ1v) is 8.85. The van der Waals surface area contributed by atoms with Crippen molar-refractivity contribution in [3.8, 4) is 0 Å². The Morgan fingerprint density at radius 2 is 1.68 bits per heavy atom. The van der Waals surface area contributed by atoms with Crippen molar-refractivity contribution in [3.05, 3.63) is 77.6 Å². The van der Waals surface area contributed by atoms with Gasteiger partial charge in [-0.3, -0.25) is 4.79 Å². The molecule has 0 fully saturated rings. The summed E-state index contributed by atoms with van der Waals surface area (Å²) in [6.45, 7) is 4.08. The summed E-state index contributed by atoms with van der Waals surface area (Å²) in [5.41, 5.74) is 11.0. The number of fused-ring (bicyclic) bond motifs is 1. The highest BCUT2D eigenvalue weighted by Gasteiger charge is 2.15. The third kappa shape index (κ3) is 3.50. The molecule has 0 aliphatic rings. The minimum atomic E-state index is -0.589. The molecule has 4 rings (SSSR count). The third-order valence-corrected chi connectivity index (χ3v) is 4.27. The fourth-order valence-corrected chi connectivity index (χ4v) is 3.16. The molecular weight excluding hydrogens is 352 g/mol. The topological polar surface area (TPSA) is 97.3 Å². The second-order valence-corrected chi connectivity index (χ2v) is 6.68. The number of aryl methyl sites for hydroxylation is 2. The van der Waals surface area contributed by atoms with Gasteiger partial charge in [0.15, 0.2) is 11.5 Å². The highest BCUT2D eigenvalue weighted by Crippen LogP contribution is 2.26. The molecule has 0 spiro atoms. The summed E-state index contributed by atoms with van der Waals surface area (Å²) in [5.74, 6) is -0.0226. The van der Waals surface area contributed by atoms with Crippen LogP contribution in [0.25, 0.3) is 5.65 Å². The van der Waals surface area contributed by atoms with Crippen molar-refractivity contribution in [2.45, 2.75) is 13.8 Å². The van der Waals surface area contributed by atoms with Crippen molar-refractivity contribution >= 4 is 34.4 Å². The second kappa shape index (κ2) is 7.03. The molecule has 0 radical (unpaired) electrons. The molecule has 7 heteroatoms. The van der Waals surface area contributed by atoms with Gasteiger partial charge in [-0.1, -0.05) is 24.3 Å². The number of para-hydroxylation sites is 1. The molecule has 0 saturated carbocycles. The number of aromatic nitrogens is 3. The lowest BCUT2D eigenvalue weighted by atomic mass is 10.1. The van der Waals surface area contributed by atoms with Crippen LogP contribution in [0.4, 0.5) is 22.9 Å². The summed E-state index contributed by atoms with van der Waals surface area (Å²) < 4.78 is 1.46. The molecule has 4 aromatic rings. The smallest absolute Gasteiger partial charge is 0.269 e. The van der Waals surface area contributed by atoms with Crippen molar-refractivity contribution in [2.75, 3.05) is 10.6 Å². The van der Waals surface area contributed by atoms with Crippen LogP contribution in [0.15, 0.2) is 60.8 Å². The summed E-state index contributed by atoms with van der Waals surface area (Å²) in [4.78, 5) is 16.1. The Kier molecular flexibility index (Phi) is 4.41. The molecule has 7 nitrogen and oxygen atoms in total. The van der Waals surface area contributed by atoms with E-state index in [1.165, 1.54) is 10.7 Å². The highest BCUT2D eigenvalue weighted by molar-refractivity contribution is 5.92. The number of nitrogens with zero attached hydrogens (tertiary/aromatic N) is 3. The van der Waals surface area contributed by atoms with Gasteiger partial charge in [-0.25, -0.2) is 9.50 Å². The summed E-state index contributed by atoms with van der Waals surface area (Å²) in [7, 11) is 0. The number of amides is 1. The van der Waals surface area contributed by atoms with Crippen LogP contribution in [-0.4, -0.2) is 20.5 Å². The van der Waals surface area contributed by atoms with Gasteiger partial charge in [0.1, 0.15) is 5.69 Å². The number of imidazole rings is 1. The number of nitrogens with one attached hydrogen (secondary N) is 2. The van der Waals surface area contributed by atoms with Gasteiger partial charge in [0.25, 0.3) is 5.91 Å². The Hall–Kier alpha value is -3.87. The minimum Gasteiger partial charge on any atom is -0.364 e. The summed E-state index contributed by atoms with van der Waals surface area (Å²) in [5, 5.41) is 11.2. The maximum absolute atomic E-state index is 11.8. The third-order valence-electron chi connectivity index (χ3n) is 4.27. The monoisotopic (exact) mass is 372 g/mol. The van der Waals surface area contributed by atoms with E-state index in [-0.39, 0.29) is 5.69 Å². The van der Waals surface area contributed by atoms with E-state index in [0.29, 0.717) is 17.2 Å². The van der Waals surface area contributed by atoms with Gasteiger partial charge in [0, 0.05) is 17.4 Å². The van der Waals surface area contributed by atoms with E-state index < -0.39 is 5.91 Å². The van der Waals surface area contributed by atoms with E-state index >= 15 is 0 Å². The van der Waals surface area contributed by atoms with Gasteiger partial charge in [-0.05, 0) is 49.2 Å². The van der Waals surface area contributed by atoms with Crippen LogP contribution in [0.3, 0.4) is 0 Å². The number of hydrogen-bond acceptors (Lipinski definition) is 5. The van der Waals surface area contributed by atoms with E-state index in [2.05, 4.69) is 26.8 Å².